The van der Waals surface area contributed by atoms with Crippen molar-refractivity contribution >= 4 is 35.7 Å². The van der Waals surface area contributed by atoms with Crippen LogP contribution < -0.4 is 10.6 Å². The number of nitrogens with two attached hydrogens (primary N) is 1. The number of non-ortho nitro benzene ring substituents is 1. The Morgan fingerprint density at radius 3 is 2.22 bits per heavy atom. The van der Waals surface area contributed by atoms with Crippen LogP contribution in [-0.4, -0.2) is 33.3 Å². The fourth-order valence-electron chi connectivity index (χ4n) is 2.81. The molecule has 3 N–H and O–H groups in total. The summed E-state index contributed by atoms with van der Waals surface area (Å²) in [6.45, 7) is -0.402. The minimum absolute atomic E-state index is 0.159. The minimum atomic E-state index is -1.82. The van der Waals surface area contributed by atoms with Crippen LogP contribution in [0.15, 0.2) is 48.5 Å². The topological polar surface area (TPSA) is 153 Å². The first-order chi connectivity index (χ1) is 12.8. The summed E-state index contributed by atoms with van der Waals surface area (Å²) >= 11 is 4.18. The zero-order valence-corrected chi connectivity index (χ0v) is 14.8. The first-order valence-corrected chi connectivity index (χ1v) is 8.23. The van der Waals surface area contributed by atoms with Crippen LogP contribution in [0.25, 0.3) is 0 Å². The van der Waals surface area contributed by atoms with Crippen molar-refractivity contribution in [1.82, 2.24) is 0 Å². The third-order valence-corrected chi connectivity index (χ3v) is 4.59. The van der Waals surface area contributed by atoms with Crippen molar-refractivity contribution < 1.29 is 19.7 Å². The van der Waals surface area contributed by atoms with E-state index < -0.39 is 39.4 Å². The molecule has 0 spiro atoms. The number of hydrogen-bond acceptors (Lipinski definition) is 8. The standard InChI is InChI=1S/C16H16N4O6S/c17-10-18(13-7-6-12(19(23)24)8-14(13)20(25)26)16(9-27,15(21)22)11-4-2-1-3-5-11/h1-8,27H,9-10,17H2,(H,21,22)/t16-/m1/s1. The average molecular weight is 392 g/mol. The van der Waals surface area contributed by atoms with Gasteiger partial charge in [0.2, 0.25) is 0 Å². The Balaban J connectivity index is 2.77. The van der Waals surface area contributed by atoms with Crippen LogP contribution in [-0.2, 0) is 10.3 Å². The molecule has 0 fully saturated rings. The molecule has 0 saturated heterocycles. The van der Waals surface area contributed by atoms with E-state index in [4.69, 9.17) is 5.73 Å². The summed E-state index contributed by atoms with van der Waals surface area (Å²) in [6, 6.07) is 11.0. The highest BCUT2D eigenvalue weighted by Gasteiger charge is 2.46. The smallest absolute Gasteiger partial charge is 0.335 e. The Bertz CT molecular complexity index is 878. The molecule has 0 aliphatic rings. The molecule has 27 heavy (non-hydrogen) atoms. The quantitative estimate of drug-likeness (QED) is 0.267. The van der Waals surface area contributed by atoms with Crippen LogP contribution >= 0.6 is 12.6 Å². The third kappa shape index (κ3) is 3.55. The highest BCUT2D eigenvalue weighted by Crippen LogP contribution is 2.40. The van der Waals surface area contributed by atoms with Crippen LogP contribution in [0.2, 0.25) is 0 Å². The third-order valence-electron chi connectivity index (χ3n) is 4.13. The molecule has 1 atom stereocenters. The second-order valence-electron chi connectivity index (χ2n) is 5.49. The molecule has 0 bridgehead atoms. The molecule has 2 aromatic carbocycles. The number of thiol groups is 1. The molecule has 10 nitrogen and oxygen atoms in total. The summed E-state index contributed by atoms with van der Waals surface area (Å²) in [5.74, 6) is -1.57. The molecular formula is C16H16N4O6S. The fraction of sp³-hybridized carbons (Fsp3) is 0.188. The van der Waals surface area contributed by atoms with Crippen LogP contribution in [0.3, 0.4) is 0 Å². The zero-order chi connectivity index (χ0) is 20.2. The Morgan fingerprint density at radius 2 is 1.78 bits per heavy atom. The molecule has 0 unspecified atom stereocenters. The van der Waals surface area contributed by atoms with Crippen LogP contribution in [0.5, 0.6) is 0 Å². The molecule has 2 aromatic rings. The lowest BCUT2D eigenvalue weighted by molar-refractivity contribution is -0.393. The van der Waals surface area contributed by atoms with Crippen molar-refractivity contribution in [3.8, 4) is 0 Å². The van der Waals surface area contributed by atoms with E-state index in [1.54, 1.807) is 30.3 Å². The predicted octanol–water partition coefficient (Wildman–Crippen LogP) is 2.14. The van der Waals surface area contributed by atoms with E-state index in [1.165, 1.54) is 0 Å². The molecule has 0 saturated carbocycles. The summed E-state index contributed by atoms with van der Waals surface area (Å²) in [6.07, 6.45) is 0. The summed E-state index contributed by atoms with van der Waals surface area (Å²) in [5.41, 5.74) is 2.99. The number of carboxylic acids is 1. The number of nitro groups is 2. The van der Waals surface area contributed by atoms with Gasteiger partial charge in [0, 0.05) is 11.8 Å². The maximum Gasteiger partial charge on any atom is 0.335 e. The number of rotatable bonds is 8. The SMILES string of the molecule is NCN(c1ccc([N+](=O)[O-])cc1[N+](=O)[O-])[C@@](CS)(C(=O)O)c1ccccc1. The number of nitro benzene ring substituents is 2. The van der Waals surface area contributed by atoms with Gasteiger partial charge in [0.25, 0.3) is 11.4 Å². The number of aliphatic carboxylic acids is 1. The van der Waals surface area contributed by atoms with Gasteiger partial charge in [-0.05, 0) is 11.6 Å². The molecule has 0 radical (unpaired) electrons. The molecular weight excluding hydrogens is 376 g/mol. The van der Waals surface area contributed by atoms with E-state index in [9.17, 15) is 30.1 Å². The maximum atomic E-state index is 12.3. The van der Waals surface area contributed by atoms with Crippen molar-refractivity contribution in [2.24, 2.45) is 5.73 Å². The highest BCUT2D eigenvalue weighted by atomic mass is 32.1. The number of carbonyl (C=O) groups is 1. The lowest BCUT2D eigenvalue weighted by atomic mass is 9.89. The predicted molar refractivity (Wildman–Crippen MR) is 101 cm³/mol. The Labute approximate surface area is 158 Å². The van der Waals surface area contributed by atoms with Gasteiger partial charge in [0.1, 0.15) is 5.69 Å². The number of hydrogen-bond donors (Lipinski definition) is 3. The molecule has 142 valence electrons. The van der Waals surface area contributed by atoms with Gasteiger partial charge >= 0.3 is 5.97 Å². The van der Waals surface area contributed by atoms with E-state index in [-0.39, 0.29) is 11.4 Å². The normalized spacial score (nSPS) is 12.8. The van der Waals surface area contributed by atoms with Gasteiger partial charge in [-0.3, -0.25) is 20.2 Å². The number of carboxylic acid groups (broad SMARTS) is 1. The minimum Gasteiger partial charge on any atom is -0.479 e. The monoisotopic (exact) mass is 392 g/mol. The summed E-state index contributed by atoms with van der Waals surface area (Å²) in [7, 11) is 0. The average Bonchev–Trinajstić information content (AvgIpc) is 2.66. The lowest BCUT2D eigenvalue weighted by Crippen LogP contribution is -2.56. The van der Waals surface area contributed by atoms with Crippen molar-refractivity contribution in [3.05, 3.63) is 74.3 Å². The fourth-order valence-corrected chi connectivity index (χ4v) is 3.30. The second-order valence-corrected chi connectivity index (χ2v) is 5.80. The van der Waals surface area contributed by atoms with Gasteiger partial charge in [0.15, 0.2) is 5.54 Å². The zero-order valence-electron chi connectivity index (χ0n) is 13.9. The Hall–Kier alpha value is -3.18. The van der Waals surface area contributed by atoms with E-state index >= 15 is 0 Å². The van der Waals surface area contributed by atoms with Gasteiger partial charge in [-0.25, -0.2) is 4.79 Å². The summed E-state index contributed by atoms with van der Waals surface area (Å²) in [5, 5.41) is 32.4. The molecule has 0 amide bonds. The van der Waals surface area contributed by atoms with E-state index in [2.05, 4.69) is 12.6 Å². The molecule has 0 aliphatic carbocycles. The first kappa shape index (κ1) is 20.1. The molecule has 0 aliphatic heterocycles. The summed E-state index contributed by atoms with van der Waals surface area (Å²) in [4.78, 5) is 34.2. The molecule has 0 aromatic heterocycles. The number of nitrogens with zero attached hydrogens (tertiary/aromatic N) is 3. The second kappa shape index (κ2) is 8.01. The van der Waals surface area contributed by atoms with E-state index in [1.807, 2.05) is 0 Å². The van der Waals surface area contributed by atoms with Gasteiger partial charge in [0.05, 0.1) is 22.6 Å². The van der Waals surface area contributed by atoms with Gasteiger partial charge in [-0.2, -0.15) is 12.6 Å². The lowest BCUT2D eigenvalue weighted by Gasteiger charge is -2.40. The van der Waals surface area contributed by atoms with Crippen molar-refractivity contribution in [2.45, 2.75) is 5.54 Å². The van der Waals surface area contributed by atoms with Crippen molar-refractivity contribution in [1.29, 1.82) is 0 Å². The maximum absolute atomic E-state index is 12.3. The van der Waals surface area contributed by atoms with E-state index in [0.717, 1.165) is 23.1 Å². The first-order valence-electron chi connectivity index (χ1n) is 7.60. The molecule has 0 heterocycles. The Kier molecular flexibility index (Phi) is 5.98. The van der Waals surface area contributed by atoms with Crippen molar-refractivity contribution in [3.63, 3.8) is 0 Å². The Morgan fingerprint density at radius 1 is 1.15 bits per heavy atom. The highest BCUT2D eigenvalue weighted by molar-refractivity contribution is 7.80. The van der Waals surface area contributed by atoms with E-state index in [0.29, 0.717) is 5.56 Å². The number of benzene rings is 2. The summed E-state index contributed by atoms with van der Waals surface area (Å²) < 4.78 is 0. The largest absolute Gasteiger partial charge is 0.479 e. The molecule has 2 rings (SSSR count). The van der Waals surface area contributed by atoms with Gasteiger partial charge in [-0.15, -0.1) is 0 Å². The van der Waals surface area contributed by atoms with Crippen LogP contribution in [0.4, 0.5) is 17.1 Å². The van der Waals surface area contributed by atoms with Crippen LogP contribution in [0.1, 0.15) is 5.56 Å². The number of anilines is 1. The van der Waals surface area contributed by atoms with Crippen molar-refractivity contribution in [2.75, 3.05) is 17.3 Å². The van der Waals surface area contributed by atoms with Gasteiger partial charge < -0.3 is 15.7 Å². The molecule has 11 heteroatoms. The van der Waals surface area contributed by atoms with Crippen LogP contribution in [0, 0.1) is 20.2 Å². The van der Waals surface area contributed by atoms with Gasteiger partial charge in [-0.1, -0.05) is 30.3 Å².